The van der Waals surface area contributed by atoms with Crippen LogP contribution in [0.15, 0.2) is 24.9 Å². The molecule has 2 nitrogen and oxygen atoms in total. The molecule has 0 fully saturated rings. The first kappa shape index (κ1) is 5.09. The molecular formula is C6H7NO. The Morgan fingerprint density at radius 2 is 2.62 bits per heavy atom. The van der Waals surface area contributed by atoms with Crippen LogP contribution in [0.3, 0.4) is 0 Å². The Morgan fingerprint density at radius 1 is 1.88 bits per heavy atom. The predicted molar refractivity (Wildman–Crippen MR) is 31.0 cm³/mol. The summed E-state index contributed by atoms with van der Waals surface area (Å²) in [4.78, 5) is 10.6. The molecule has 0 saturated heterocycles. The molecule has 0 aliphatic carbocycles. The molecule has 0 spiro atoms. The lowest BCUT2D eigenvalue weighted by molar-refractivity contribution is -0.120. The molecule has 42 valence electrons. The van der Waals surface area contributed by atoms with E-state index in [9.17, 15) is 4.79 Å². The van der Waals surface area contributed by atoms with E-state index in [2.05, 4.69) is 11.9 Å². The Morgan fingerprint density at radius 3 is 2.88 bits per heavy atom. The maximum atomic E-state index is 10.6. The van der Waals surface area contributed by atoms with Gasteiger partial charge in [0.05, 0.1) is 5.92 Å². The van der Waals surface area contributed by atoms with E-state index in [0.717, 1.165) is 0 Å². The van der Waals surface area contributed by atoms with Crippen molar-refractivity contribution >= 4 is 5.91 Å². The van der Waals surface area contributed by atoms with E-state index in [-0.39, 0.29) is 11.8 Å². The van der Waals surface area contributed by atoms with Gasteiger partial charge < -0.3 is 5.32 Å². The van der Waals surface area contributed by atoms with Crippen LogP contribution in [0.1, 0.15) is 0 Å². The minimum absolute atomic E-state index is 0.0139. The second kappa shape index (κ2) is 1.82. The lowest BCUT2D eigenvalue weighted by Crippen LogP contribution is -2.16. The van der Waals surface area contributed by atoms with Crippen molar-refractivity contribution in [1.82, 2.24) is 5.32 Å². The molecule has 0 radical (unpaired) electrons. The molecular weight excluding hydrogens is 102 g/mol. The molecule has 0 aromatic carbocycles. The fourth-order valence-electron chi connectivity index (χ4n) is 0.603. The summed E-state index contributed by atoms with van der Waals surface area (Å²) in [5.74, 6) is -0.0880. The van der Waals surface area contributed by atoms with E-state index in [1.54, 1.807) is 18.4 Å². The topological polar surface area (TPSA) is 29.1 Å². The third-order valence-electron chi connectivity index (χ3n) is 1.09. The van der Waals surface area contributed by atoms with Crippen LogP contribution in [0.5, 0.6) is 0 Å². The standard InChI is InChI=1S/C6H7NO/c1-2-5-3-4-7-6(5)8/h2-5H,1H2,(H,7,8)/t5-/m0/s1. The van der Waals surface area contributed by atoms with Gasteiger partial charge in [-0.1, -0.05) is 12.2 Å². The van der Waals surface area contributed by atoms with Gasteiger partial charge in [-0.3, -0.25) is 4.79 Å². The summed E-state index contributed by atoms with van der Waals surface area (Å²) in [5, 5.41) is 2.53. The third-order valence-corrected chi connectivity index (χ3v) is 1.09. The average molecular weight is 109 g/mol. The number of carbonyl (C=O) groups is 1. The number of carbonyl (C=O) groups excluding carboxylic acids is 1. The van der Waals surface area contributed by atoms with Crippen molar-refractivity contribution in [2.45, 2.75) is 0 Å². The van der Waals surface area contributed by atoms with E-state index < -0.39 is 0 Å². The van der Waals surface area contributed by atoms with Crippen molar-refractivity contribution in [3.8, 4) is 0 Å². The largest absolute Gasteiger partial charge is 0.332 e. The van der Waals surface area contributed by atoms with Gasteiger partial charge >= 0.3 is 0 Å². The van der Waals surface area contributed by atoms with Gasteiger partial charge in [0.2, 0.25) is 5.91 Å². The minimum atomic E-state index is -0.102. The maximum Gasteiger partial charge on any atom is 0.234 e. The fraction of sp³-hybridized carbons (Fsp3) is 0.167. The van der Waals surface area contributed by atoms with Gasteiger partial charge in [0.15, 0.2) is 0 Å². The van der Waals surface area contributed by atoms with Crippen molar-refractivity contribution in [3.05, 3.63) is 24.9 Å². The van der Waals surface area contributed by atoms with E-state index in [1.165, 1.54) is 0 Å². The zero-order valence-corrected chi connectivity index (χ0v) is 4.42. The number of nitrogens with one attached hydrogen (secondary N) is 1. The molecule has 1 N–H and O–H groups in total. The molecule has 1 heterocycles. The van der Waals surface area contributed by atoms with Crippen molar-refractivity contribution < 1.29 is 4.79 Å². The molecule has 0 aromatic rings. The molecule has 1 atom stereocenters. The first-order chi connectivity index (χ1) is 3.84. The molecule has 1 amide bonds. The highest BCUT2D eigenvalue weighted by molar-refractivity contribution is 5.85. The van der Waals surface area contributed by atoms with Gasteiger partial charge in [0.1, 0.15) is 0 Å². The molecule has 1 rings (SSSR count). The SMILES string of the molecule is C=C[C@H]1C=CNC1=O. The highest BCUT2D eigenvalue weighted by Gasteiger charge is 2.13. The first-order valence-corrected chi connectivity index (χ1v) is 2.44. The molecule has 2 heteroatoms. The van der Waals surface area contributed by atoms with E-state index >= 15 is 0 Å². The average Bonchev–Trinajstić information content (AvgIpc) is 2.14. The van der Waals surface area contributed by atoms with E-state index in [1.807, 2.05) is 0 Å². The second-order valence-corrected chi connectivity index (χ2v) is 1.63. The number of hydrogen-bond donors (Lipinski definition) is 1. The van der Waals surface area contributed by atoms with Crippen molar-refractivity contribution in [2.75, 3.05) is 0 Å². The van der Waals surface area contributed by atoms with Crippen LogP contribution in [-0.2, 0) is 4.79 Å². The van der Waals surface area contributed by atoms with E-state index in [4.69, 9.17) is 0 Å². The van der Waals surface area contributed by atoms with Gasteiger partial charge in [0.25, 0.3) is 0 Å². The molecule has 8 heavy (non-hydrogen) atoms. The van der Waals surface area contributed by atoms with Crippen molar-refractivity contribution in [1.29, 1.82) is 0 Å². The van der Waals surface area contributed by atoms with Gasteiger partial charge in [-0.25, -0.2) is 0 Å². The van der Waals surface area contributed by atoms with Crippen LogP contribution < -0.4 is 5.32 Å². The minimum Gasteiger partial charge on any atom is -0.332 e. The van der Waals surface area contributed by atoms with Crippen LogP contribution in [-0.4, -0.2) is 5.91 Å². The zero-order valence-electron chi connectivity index (χ0n) is 4.42. The smallest absolute Gasteiger partial charge is 0.234 e. The van der Waals surface area contributed by atoms with Gasteiger partial charge in [-0.15, -0.1) is 6.58 Å². The van der Waals surface area contributed by atoms with E-state index in [0.29, 0.717) is 0 Å². The molecule has 0 bridgehead atoms. The lowest BCUT2D eigenvalue weighted by atomic mass is 10.2. The number of rotatable bonds is 1. The summed E-state index contributed by atoms with van der Waals surface area (Å²) >= 11 is 0. The first-order valence-electron chi connectivity index (χ1n) is 2.44. The Bertz CT molecular complexity index is 149. The van der Waals surface area contributed by atoms with Crippen molar-refractivity contribution in [2.24, 2.45) is 5.92 Å². The van der Waals surface area contributed by atoms with Crippen LogP contribution in [0, 0.1) is 5.92 Å². The molecule has 1 aliphatic rings. The second-order valence-electron chi connectivity index (χ2n) is 1.63. The van der Waals surface area contributed by atoms with Crippen LogP contribution in [0.2, 0.25) is 0 Å². The quantitative estimate of drug-likeness (QED) is 0.486. The van der Waals surface area contributed by atoms with Crippen molar-refractivity contribution in [3.63, 3.8) is 0 Å². The summed E-state index contributed by atoms with van der Waals surface area (Å²) in [7, 11) is 0. The molecule has 0 unspecified atom stereocenters. The van der Waals surface area contributed by atoms with Gasteiger partial charge in [-0.2, -0.15) is 0 Å². The number of hydrogen-bond acceptors (Lipinski definition) is 1. The van der Waals surface area contributed by atoms with Crippen LogP contribution in [0.25, 0.3) is 0 Å². The molecule has 0 saturated carbocycles. The van der Waals surface area contributed by atoms with Crippen LogP contribution in [0.4, 0.5) is 0 Å². The highest BCUT2D eigenvalue weighted by atomic mass is 16.1. The Kier molecular flexibility index (Phi) is 1.16. The van der Waals surface area contributed by atoms with Gasteiger partial charge in [0, 0.05) is 6.20 Å². The molecule has 0 aromatic heterocycles. The fourth-order valence-corrected chi connectivity index (χ4v) is 0.603. The summed E-state index contributed by atoms with van der Waals surface area (Å²) < 4.78 is 0. The highest BCUT2D eigenvalue weighted by Crippen LogP contribution is 2.04. The maximum absolute atomic E-state index is 10.6. The summed E-state index contributed by atoms with van der Waals surface area (Å²) in [5.41, 5.74) is 0. The van der Waals surface area contributed by atoms with Crippen LogP contribution >= 0.6 is 0 Å². The number of amides is 1. The normalized spacial score (nSPS) is 25.5. The Balaban J connectivity index is 2.66. The third kappa shape index (κ3) is 0.644. The summed E-state index contributed by atoms with van der Waals surface area (Å²) in [6, 6.07) is 0. The summed E-state index contributed by atoms with van der Waals surface area (Å²) in [6.07, 6.45) is 5.02. The zero-order chi connectivity index (χ0) is 5.98. The van der Waals surface area contributed by atoms with Gasteiger partial charge in [-0.05, 0) is 0 Å². The monoisotopic (exact) mass is 109 g/mol. The Hall–Kier alpha value is -1.05. The molecule has 1 aliphatic heterocycles. The summed E-state index contributed by atoms with van der Waals surface area (Å²) in [6.45, 7) is 3.48. The lowest BCUT2D eigenvalue weighted by Gasteiger charge is -1.93. The predicted octanol–water partition coefficient (Wildman–Crippen LogP) is 0.432. The Labute approximate surface area is 47.9 Å².